The summed E-state index contributed by atoms with van der Waals surface area (Å²) < 4.78 is 1.55. The molecule has 1 N–H and O–H groups in total. The first-order chi connectivity index (χ1) is 10.2. The molecule has 0 aliphatic rings. The van der Waals surface area contributed by atoms with E-state index in [9.17, 15) is 4.79 Å². The fraction of sp³-hybridized carbons (Fsp3) is 0.438. The molecule has 0 amide bonds. The van der Waals surface area contributed by atoms with E-state index in [0.717, 1.165) is 42.6 Å². The molecule has 112 valence electrons. The summed E-state index contributed by atoms with van der Waals surface area (Å²) in [6, 6.07) is 6.12. The summed E-state index contributed by atoms with van der Waals surface area (Å²) in [5.74, 6) is 0.394. The van der Waals surface area contributed by atoms with E-state index in [-0.39, 0.29) is 5.69 Å². The standard InChI is InChI=1S/C16H22N4O/c1-4-10-17-15-18-11-20(16(21)19-15)14-12(5-2)8-7-9-13(14)6-3/h7-9,11H,4-6,10H2,1-3H3,(H,17,19,21). The van der Waals surface area contributed by atoms with Gasteiger partial charge in [0.2, 0.25) is 5.95 Å². The van der Waals surface area contributed by atoms with Gasteiger partial charge in [0.25, 0.3) is 0 Å². The number of nitrogens with one attached hydrogen (secondary N) is 1. The van der Waals surface area contributed by atoms with Crippen LogP contribution in [0.15, 0.2) is 29.3 Å². The van der Waals surface area contributed by atoms with Crippen LogP contribution in [-0.2, 0) is 12.8 Å². The number of rotatable bonds is 6. The van der Waals surface area contributed by atoms with Crippen LogP contribution in [-0.4, -0.2) is 21.1 Å². The minimum absolute atomic E-state index is 0.292. The van der Waals surface area contributed by atoms with Crippen molar-refractivity contribution in [3.8, 4) is 5.69 Å². The predicted octanol–water partition coefficient (Wildman–Crippen LogP) is 2.57. The fourth-order valence-corrected chi connectivity index (χ4v) is 2.34. The molecule has 1 aromatic heterocycles. The van der Waals surface area contributed by atoms with E-state index in [2.05, 4.69) is 36.1 Å². The Balaban J connectivity index is 2.50. The van der Waals surface area contributed by atoms with Crippen LogP contribution in [0, 0.1) is 0 Å². The Hall–Kier alpha value is -2.17. The zero-order chi connectivity index (χ0) is 15.2. The quantitative estimate of drug-likeness (QED) is 0.886. The molecular weight excluding hydrogens is 264 g/mol. The van der Waals surface area contributed by atoms with E-state index in [1.54, 1.807) is 10.9 Å². The van der Waals surface area contributed by atoms with E-state index >= 15 is 0 Å². The zero-order valence-corrected chi connectivity index (χ0v) is 12.9. The molecule has 0 unspecified atom stereocenters. The maximum Gasteiger partial charge on any atom is 0.356 e. The topological polar surface area (TPSA) is 59.8 Å². The third kappa shape index (κ3) is 3.29. The molecule has 0 saturated carbocycles. The van der Waals surface area contributed by atoms with Crippen LogP contribution in [0.2, 0.25) is 0 Å². The van der Waals surface area contributed by atoms with Crippen LogP contribution in [0.25, 0.3) is 5.69 Å². The summed E-state index contributed by atoms with van der Waals surface area (Å²) in [5, 5.41) is 3.04. The lowest BCUT2D eigenvalue weighted by atomic mass is 10.0. The van der Waals surface area contributed by atoms with Crippen LogP contribution in [0.3, 0.4) is 0 Å². The molecule has 1 heterocycles. The average Bonchev–Trinajstić information content (AvgIpc) is 2.52. The van der Waals surface area contributed by atoms with Crippen LogP contribution in [0.4, 0.5) is 5.95 Å². The van der Waals surface area contributed by atoms with Gasteiger partial charge in [0.05, 0.1) is 5.69 Å². The number of aromatic nitrogens is 3. The van der Waals surface area contributed by atoms with Gasteiger partial charge in [-0.15, -0.1) is 0 Å². The smallest absolute Gasteiger partial charge is 0.354 e. The second kappa shape index (κ2) is 7.02. The van der Waals surface area contributed by atoms with Crippen molar-refractivity contribution >= 4 is 5.95 Å². The van der Waals surface area contributed by atoms with Crippen LogP contribution < -0.4 is 11.0 Å². The number of para-hydroxylation sites is 1. The van der Waals surface area contributed by atoms with Crippen LogP contribution in [0.5, 0.6) is 0 Å². The van der Waals surface area contributed by atoms with Gasteiger partial charge in [-0.2, -0.15) is 4.98 Å². The first-order valence-electron chi connectivity index (χ1n) is 7.51. The number of benzene rings is 1. The van der Waals surface area contributed by atoms with E-state index in [4.69, 9.17) is 0 Å². The van der Waals surface area contributed by atoms with Crippen molar-refractivity contribution in [2.45, 2.75) is 40.0 Å². The number of anilines is 1. The minimum Gasteiger partial charge on any atom is -0.354 e. The number of nitrogens with zero attached hydrogens (tertiary/aromatic N) is 3. The van der Waals surface area contributed by atoms with Gasteiger partial charge in [0.15, 0.2) is 0 Å². The Kier molecular flexibility index (Phi) is 5.09. The highest BCUT2D eigenvalue weighted by atomic mass is 16.1. The van der Waals surface area contributed by atoms with Crippen LogP contribution >= 0.6 is 0 Å². The second-order valence-corrected chi connectivity index (χ2v) is 4.89. The molecule has 0 atom stereocenters. The van der Waals surface area contributed by atoms with Gasteiger partial charge in [-0.25, -0.2) is 9.78 Å². The molecule has 0 aliphatic carbocycles. The monoisotopic (exact) mass is 286 g/mol. The molecule has 5 nitrogen and oxygen atoms in total. The molecule has 1 aromatic carbocycles. The first-order valence-corrected chi connectivity index (χ1v) is 7.51. The maximum atomic E-state index is 12.3. The summed E-state index contributed by atoms with van der Waals surface area (Å²) in [6.07, 6.45) is 4.27. The van der Waals surface area contributed by atoms with Crippen molar-refractivity contribution in [3.05, 3.63) is 46.1 Å². The third-order valence-electron chi connectivity index (χ3n) is 3.44. The van der Waals surface area contributed by atoms with Gasteiger partial charge >= 0.3 is 5.69 Å². The molecule has 0 bridgehead atoms. The lowest BCUT2D eigenvalue weighted by molar-refractivity contribution is 0.827. The molecule has 0 saturated heterocycles. The SMILES string of the molecule is CCCNc1ncn(-c2c(CC)cccc2CC)c(=O)n1. The maximum absolute atomic E-state index is 12.3. The van der Waals surface area contributed by atoms with Crippen molar-refractivity contribution < 1.29 is 0 Å². The van der Waals surface area contributed by atoms with E-state index < -0.39 is 0 Å². The molecular formula is C16H22N4O. The molecule has 5 heteroatoms. The van der Waals surface area contributed by atoms with Crippen LogP contribution in [0.1, 0.15) is 38.3 Å². The van der Waals surface area contributed by atoms with Crippen molar-refractivity contribution in [2.24, 2.45) is 0 Å². The normalized spacial score (nSPS) is 10.6. The molecule has 0 aliphatic heterocycles. The van der Waals surface area contributed by atoms with E-state index in [1.807, 2.05) is 18.2 Å². The van der Waals surface area contributed by atoms with Gasteiger partial charge in [-0.05, 0) is 30.4 Å². The number of aryl methyl sites for hydroxylation is 2. The summed E-state index contributed by atoms with van der Waals surface area (Å²) in [7, 11) is 0. The fourth-order valence-electron chi connectivity index (χ4n) is 2.34. The van der Waals surface area contributed by atoms with Crippen molar-refractivity contribution in [3.63, 3.8) is 0 Å². The Bertz CT molecular complexity index is 641. The number of hydrogen-bond donors (Lipinski definition) is 1. The third-order valence-corrected chi connectivity index (χ3v) is 3.44. The Morgan fingerprint density at radius 1 is 1.14 bits per heavy atom. The molecule has 0 spiro atoms. The summed E-state index contributed by atoms with van der Waals surface area (Å²) >= 11 is 0. The highest BCUT2D eigenvalue weighted by Crippen LogP contribution is 2.19. The predicted molar refractivity (Wildman–Crippen MR) is 85.2 cm³/mol. The summed E-state index contributed by atoms with van der Waals surface area (Å²) in [6.45, 7) is 6.98. The van der Waals surface area contributed by atoms with Gasteiger partial charge in [-0.1, -0.05) is 39.0 Å². The highest BCUT2D eigenvalue weighted by Gasteiger charge is 2.11. The molecule has 0 radical (unpaired) electrons. The summed E-state index contributed by atoms with van der Waals surface area (Å²) in [4.78, 5) is 20.6. The van der Waals surface area contributed by atoms with Gasteiger partial charge in [0.1, 0.15) is 6.33 Å². The van der Waals surface area contributed by atoms with Gasteiger partial charge < -0.3 is 5.32 Å². The Morgan fingerprint density at radius 3 is 2.33 bits per heavy atom. The van der Waals surface area contributed by atoms with E-state index in [0.29, 0.717) is 5.95 Å². The van der Waals surface area contributed by atoms with Crippen molar-refractivity contribution in [1.82, 2.24) is 14.5 Å². The Morgan fingerprint density at radius 2 is 1.81 bits per heavy atom. The van der Waals surface area contributed by atoms with Crippen molar-refractivity contribution in [1.29, 1.82) is 0 Å². The minimum atomic E-state index is -0.292. The summed E-state index contributed by atoms with van der Waals surface area (Å²) in [5.41, 5.74) is 2.90. The highest BCUT2D eigenvalue weighted by molar-refractivity contribution is 5.48. The number of hydrogen-bond acceptors (Lipinski definition) is 4. The lowest BCUT2D eigenvalue weighted by Gasteiger charge is -2.14. The first kappa shape index (κ1) is 15.2. The second-order valence-electron chi connectivity index (χ2n) is 4.89. The largest absolute Gasteiger partial charge is 0.356 e. The lowest BCUT2D eigenvalue weighted by Crippen LogP contribution is -2.25. The average molecular weight is 286 g/mol. The van der Waals surface area contributed by atoms with Gasteiger partial charge in [0, 0.05) is 6.54 Å². The zero-order valence-electron chi connectivity index (χ0n) is 12.9. The Labute approximate surface area is 125 Å². The molecule has 2 rings (SSSR count). The van der Waals surface area contributed by atoms with Crippen molar-refractivity contribution in [2.75, 3.05) is 11.9 Å². The molecule has 21 heavy (non-hydrogen) atoms. The molecule has 0 fully saturated rings. The molecule has 2 aromatic rings. The van der Waals surface area contributed by atoms with Gasteiger partial charge in [-0.3, -0.25) is 4.57 Å². The van der Waals surface area contributed by atoms with E-state index in [1.165, 1.54) is 0 Å².